The Labute approximate surface area is 179 Å². The summed E-state index contributed by atoms with van der Waals surface area (Å²) in [7, 11) is 1.64. The molecule has 0 radical (unpaired) electrons. The number of tetrazole rings is 1. The Hall–Kier alpha value is -3.14. The third-order valence-corrected chi connectivity index (χ3v) is 5.86. The molecule has 0 saturated carbocycles. The minimum atomic E-state index is 0.0969. The maximum Gasteiger partial charge on any atom is 0.233 e. The zero-order valence-corrected chi connectivity index (χ0v) is 17.5. The number of amides is 1. The first kappa shape index (κ1) is 20.1. The van der Waals surface area contributed by atoms with Crippen LogP contribution in [-0.2, 0) is 11.3 Å². The number of nitrogens with zero attached hydrogens (tertiary/aromatic N) is 7. The van der Waals surface area contributed by atoms with E-state index < -0.39 is 0 Å². The van der Waals surface area contributed by atoms with Gasteiger partial charge in [0.25, 0.3) is 0 Å². The summed E-state index contributed by atoms with van der Waals surface area (Å²) in [5.74, 6) is 2.17. The number of methoxy groups -OCH3 is 1. The van der Waals surface area contributed by atoms with Crippen LogP contribution in [0.2, 0.25) is 0 Å². The average Bonchev–Trinajstić information content (AvgIpc) is 3.25. The Morgan fingerprint density at radius 3 is 2.60 bits per heavy atom. The zero-order chi connectivity index (χ0) is 20.8. The van der Waals surface area contributed by atoms with Gasteiger partial charge in [-0.3, -0.25) is 4.79 Å². The molecule has 3 aromatic rings. The van der Waals surface area contributed by atoms with E-state index in [0.717, 1.165) is 30.2 Å². The van der Waals surface area contributed by atoms with Gasteiger partial charge in [-0.05, 0) is 40.3 Å². The summed E-state index contributed by atoms with van der Waals surface area (Å²) in [5, 5.41) is 12.5. The highest BCUT2D eigenvalue weighted by atomic mass is 32.2. The Morgan fingerprint density at radius 2 is 1.90 bits per heavy atom. The van der Waals surface area contributed by atoms with Crippen molar-refractivity contribution in [1.29, 1.82) is 0 Å². The molecule has 0 unspecified atom stereocenters. The minimum Gasteiger partial charge on any atom is -0.497 e. The van der Waals surface area contributed by atoms with Crippen LogP contribution in [0.1, 0.15) is 5.56 Å². The van der Waals surface area contributed by atoms with E-state index in [-0.39, 0.29) is 5.91 Å². The zero-order valence-electron chi connectivity index (χ0n) is 16.7. The lowest BCUT2D eigenvalue weighted by molar-refractivity contribution is -0.128. The topological polar surface area (TPSA) is 89.3 Å². The third-order valence-electron chi connectivity index (χ3n) is 4.92. The number of carbonyl (C=O) groups is 1. The van der Waals surface area contributed by atoms with Gasteiger partial charge in [-0.1, -0.05) is 30.0 Å². The molecule has 10 heteroatoms. The van der Waals surface area contributed by atoms with Crippen LogP contribution in [0, 0.1) is 0 Å². The second kappa shape index (κ2) is 9.57. The van der Waals surface area contributed by atoms with Crippen molar-refractivity contribution < 1.29 is 9.53 Å². The standard InChI is InChI=1S/C20H23N7O2S/c1-29-17-7-5-16(6-8-17)14-27-20(22-23-24-27)30-15-19(28)26-12-10-25(11-13-26)18-4-2-3-9-21-18/h2-9H,10-15H2,1H3. The van der Waals surface area contributed by atoms with Crippen LogP contribution in [0.4, 0.5) is 5.82 Å². The number of thioether (sulfide) groups is 1. The van der Waals surface area contributed by atoms with Gasteiger partial charge >= 0.3 is 0 Å². The molecule has 1 aliphatic rings. The Morgan fingerprint density at radius 1 is 1.10 bits per heavy atom. The molecule has 30 heavy (non-hydrogen) atoms. The monoisotopic (exact) mass is 425 g/mol. The molecule has 0 N–H and O–H groups in total. The summed E-state index contributed by atoms with van der Waals surface area (Å²) in [6, 6.07) is 13.6. The van der Waals surface area contributed by atoms with Crippen molar-refractivity contribution in [2.75, 3.05) is 43.9 Å². The number of rotatable bonds is 7. The van der Waals surface area contributed by atoms with Gasteiger partial charge in [0.05, 0.1) is 19.4 Å². The number of carbonyl (C=O) groups excluding carboxylic acids is 1. The molecule has 0 aliphatic carbocycles. The molecule has 0 bridgehead atoms. The summed E-state index contributed by atoms with van der Waals surface area (Å²) >= 11 is 1.36. The van der Waals surface area contributed by atoms with Gasteiger partial charge in [0.15, 0.2) is 0 Å². The van der Waals surface area contributed by atoms with E-state index in [2.05, 4.69) is 25.4 Å². The van der Waals surface area contributed by atoms with Crippen LogP contribution >= 0.6 is 11.8 Å². The Bertz CT molecular complexity index is 957. The molecule has 1 aromatic carbocycles. The van der Waals surface area contributed by atoms with E-state index in [1.54, 1.807) is 18.0 Å². The van der Waals surface area contributed by atoms with Crippen LogP contribution in [0.3, 0.4) is 0 Å². The third kappa shape index (κ3) is 4.88. The minimum absolute atomic E-state index is 0.0969. The van der Waals surface area contributed by atoms with Gasteiger partial charge in [0.1, 0.15) is 11.6 Å². The van der Waals surface area contributed by atoms with E-state index in [4.69, 9.17) is 4.74 Å². The fraction of sp³-hybridized carbons (Fsp3) is 0.350. The molecule has 1 aliphatic heterocycles. The van der Waals surface area contributed by atoms with Gasteiger partial charge < -0.3 is 14.5 Å². The first-order valence-corrected chi connectivity index (χ1v) is 10.7. The summed E-state index contributed by atoms with van der Waals surface area (Å²) in [4.78, 5) is 21.1. The number of piperazine rings is 1. The summed E-state index contributed by atoms with van der Waals surface area (Å²) < 4.78 is 6.89. The molecule has 0 spiro atoms. The van der Waals surface area contributed by atoms with E-state index in [9.17, 15) is 4.79 Å². The maximum absolute atomic E-state index is 12.7. The van der Waals surface area contributed by atoms with Crippen LogP contribution in [0.5, 0.6) is 5.75 Å². The molecule has 2 aromatic heterocycles. The van der Waals surface area contributed by atoms with E-state index in [1.807, 2.05) is 47.4 Å². The number of benzene rings is 1. The molecule has 3 heterocycles. The van der Waals surface area contributed by atoms with Crippen LogP contribution in [0.25, 0.3) is 0 Å². The molecule has 4 rings (SSSR count). The highest BCUT2D eigenvalue weighted by Gasteiger charge is 2.22. The molecular weight excluding hydrogens is 402 g/mol. The van der Waals surface area contributed by atoms with Gasteiger partial charge in [0.2, 0.25) is 11.1 Å². The average molecular weight is 426 g/mol. The number of anilines is 1. The molecule has 1 amide bonds. The molecule has 1 saturated heterocycles. The second-order valence-electron chi connectivity index (χ2n) is 6.81. The highest BCUT2D eigenvalue weighted by molar-refractivity contribution is 7.99. The second-order valence-corrected chi connectivity index (χ2v) is 7.75. The predicted octanol–water partition coefficient (Wildman–Crippen LogP) is 1.57. The van der Waals surface area contributed by atoms with Crippen LogP contribution in [-0.4, -0.2) is 75.0 Å². The smallest absolute Gasteiger partial charge is 0.233 e. The fourth-order valence-corrected chi connectivity index (χ4v) is 4.03. The van der Waals surface area contributed by atoms with Crippen molar-refractivity contribution in [2.45, 2.75) is 11.7 Å². The van der Waals surface area contributed by atoms with Crippen molar-refractivity contribution in [3.05, 3.63) is 54.2 Å². The number of hydrogen-bond acceptors (Lipinski definition) is 8. The lowest BCUT2D eigenvalue weighted by Crippen LogP contribution is -2.49. The van der Waals surface area contributed by atoms with Gasteiger partial charge in [0, 0.05) is 32.4 Å². The summed E-state index contributed by atoms with van der Waals surface area (Å²) in [6.45, 7) is 3.47. The maximum atomic E-state index is 12.7. The molecule has 0 atom stereocenters. The molecule has 1 fully saturated rings. The number of aromatic nitrogens is 5. The van der Waals surface area contributed by atoms with Crippen molar-refractivity contribution in [3.63, 3.8) is 0 Å². The predicted molar refractivity (Wildman–Crippen MR) is 114 cm³/mol. The van der Waals surface area contributed by atoms with Crippen molar-refractivity contribution in [3.8, 4) is 5.75 Å². The van der Waals surface area contributed by atoms with Crippen molar-refractivity contribution in [1.82, 2.24) is 30.1 Å². The number of pyridine rings is 1. The van der Waals surface area contributed by atoms with E-state index >= 15 is 0 Å². The first-order chi connectivity index (χ1) is 14.7. The largest absolute Gasteiger partial charge is 0.497 e. The fourth-order valence-electron chi connectivity index (χ4n) is 3.25. The van der Waals surface area contributed by atoms with Gasteiger partial charge in [-0.15, -0.1) is 5.10 Å². The van der Waals surface area contributed by atoms with E-state index in [1.165, 1.54) is 11.8 Å². The summed E-state index contributed by atoms with van der Waals surface area (Å²) in [5.41, 5.74) is 1.06. The molecule has 156 valence electrons. The van der Waals surface area contributed by atoms with Gasteiger partial charge in [-0.25, -0.2) is 9.67 Å². The van der Waals surface area contributed by atoms with Crippen LogP contribution in [0.15, 0.2) is 53.8 Å². The quantitative estimate of drug-likeness (QED) is 0.527. The van der Waals surface area contributed by atoms with E-state index in [0.29, 0.717) is 30.5 Å². The highest BCUT2D eigenvalue weighted by Crippen LogP contribution is 2.18. The lowest BCUT2D eigenvalue weighted by atomic mass is 10.2. The first-order valence-electron chi connectivity index (χ1n) is 9.68. The molecular formula is C20H23N7O2S. The Kier molecular flexibility index (Phi) is 6.43. The Balaban J connectivity index is 1.28. The van der Waals surface area contributed by atoms with Crippen molar-refractivity contribution in [2.24, 2.45) is 0 Å². The number of hydrogen-bond donors (Lipinski definition) is 0. The molecule has 9 nitrogen and oxygen atoms in total. The van der Waals surface area contributed by atoms with Crippen LogP contribution < -0.4 is 9.64 Å². The van der Waals surface area contributed by atoms with Crippen molar-refractivity contribution >= 4 is 23.5 Å². The van der Waals surface area contributed by atoms with Gasteiger partial charge in [-0.2, -0.15) is 0 Å². The SMILES string of the molecule is COc1ccc(Cn2nnnc2SCC(=O)N2CCN(c3ccccn3)CC2)cc1. The lowest BCUT2D eigenvalue weighted by Gasteiger charge is -2.35. The normalized spacial score (nSPS) is 14.0. The summed E-state index contributed by atoms with van der Waals surface area (Å²) in [6.07, 6.45) is 1.79. The number of ether oxygens (including phenoxy) is 1.